The van der Waals surface area contributed by atoms with Crippen molar-refractivity contribution in [1.82, 2.24) is 9.71 Å². The average Bonchev–Trinajstić information content (AvgIpc) is 2.47. The molecule has 0 saturated carbocycles. The molecule has 0 atom stereocenters. The predicted molar refractivity (Wildman–Crippen MR) is 75.2 cm³/mol. The minimum atomic E-state index is -4.48. The average molecular weight is 331 g/mol. The Bertz CT molecular complexity index is 776. The minimum Gasteiger partial charge on any atom is -0.339 e. The Kier molecular flexibility index (Phi) is 4.38. The van der Waals surface area contributed by atoms with E-state index in [0.717, 1.165) is 12.1 Å². The van der Waals surface area contributed by atoms with Gasteiger partial charge in [0.2, 0.25) is 10.0 Å². The molecule has 0 fully saturated rings. The van der Waals surface area contributed by atoms with Crippen molar-refractivity contribution in [3.05, 3.63) is 48.2 Å². The molecule has 0 unspecified atom stereocenters. The molecule has 1 aromatic heterocycles. The van der Waals surface area contributed by atoms with Crippen molar-refractivity contribution >= 4 is 21.5 Å². The fraction of sp³-hybridized carbons (Fsp3) is 0.154. The van der Waals surface area contributed by atoms with Gasteiger partial charge in [-0.3, -0.25) is 0 Å². The van der Waals surface area contributed by atoms with Crippen LogP contribution in [0.25, 0.3) is 0 Å². The molecule has 118 valence electrons. The molecule has 2 N–H and O–H groups in total. The SMILES string of the molecule is CNS(=O)(=O)c1cccnc1Nc1cccc(C(F)(F)F)c1. The van der Waals surface area contributed by atoms with Gasteiger partial charge in [0, 0.05) is 11.9 Å². The first-order valence-corrected chi connectivity index (χ1v) is 7.55. The van der Waals surface area contributed by atoms with Gasteiger partial charge in [0.25, 0.3) is 0 Å². The predicted octanol–water partition coefficient (Wildman–Crippen LogP) is 2.75. The molecule has 1 aromatic carbocycles. The van der Waals surface area contributed by atoms with E-state index in [1.54, 1.807) is 0 Å². The lowest BCUT2D eigenvalue weighted by atomic mass is 10.2. The molecule has 2 rings (SSSR count). The number of halogens is 3. The molecule has 5 nitrogen and oxygen atoms in total. The van der Waals surface area contributed by atoms with Gasteiger partial charge < -0.3 is 5.32 Å². The Morgan fingerprint density at radius 2 is 1.86 bits per heavy atom. The number of alkyl halides is 3. The van der Waals surface area contributed by atoms with E-state index in [9.17, 15) is 21.6 Å². The molecular formula is C13H12F3N3O2S. The van der Waals surface area contributed by atoms with Crippen LogP contribution in [0.4, 0.5) is 24.7 Å². The Morgan fingerprint density at radius 3 is 2.50 bits per heavy atom. The summed E-state index contributed by atoms with van der Waals surface area (Å²) in [7, 11) is -2.55. The summed E-state index contributed by atoms with van der Waals surface area (Å²) in [5.41, 5.74) is -0.757. The maximum absolute atomic E-state index is 12.7. The van der Waals surface area contributed by atoms with Gasteiger partial charge in [0.05, 0.1) is 5.56 Å². The van der Waals surface area contributed by atoms with Crippen LogP contribution in [0.5, 0.6) is 0 Å². The first-order valence-electron chi connectivity index (χ1n) is 6.07. The molecule has 1 heterocycles. The monoisotopic (exact) mass is 331 g/mol. The molecule has 0 radical (unpaired) electrons. The van der Waals surface area contributed by atoms with Crippen molar-refractivity contribution in [2.45, 2.75) is 11.1 Å². The third kappa shape index (κ3) is 3.55. The van der Waals surface area contributed by atoms with Gasteiger partial charge in [0.15, 0.2) is 5.82 Å². The summed E-state index contributed by atoms with van der Waals surface area (Å²) in [5, 5.41) is 2.60. The number of sulfonamides is 1. The number of nitrogens with one attached hydrogen (secondary N) is 2. The lowest BCUT2D eigenvalue weighted by molar-refractivity contribution is -0.137. The second-order valence-electron chi connectivity index (χ2n) is 4.26. The Morgan fingerprint density at radius 1 is 1.14 bits per heavy atom. The number of hydrogen-bond acceptors (Lipinski definition) is 4. The molecule has 0 aliphatic heterocycles. The highest BCUT2D eigenvalue weighted by Gasteiger charge is 2.30. The lowest BCUT2D eigenvalue weighted by Crippen LogP contribution is -2.20. The van der Waals surface area contributed by atoms with Crippen LogP contribution < -0.4 is 10.0 Å². The minimum absolute atomic E-state index is 0.0591. The molecule has 0 bridgehead atoms. The topological polar surface area (TPSA) is 71.1 Å². The Balaban J connectivity index is 2.41. The standard InChI is InChI=1S/C13H12F3N3O2S/c1-17-22(20,21)11-6-3-7-18-12(11)19-10-5-2-4-9(8-10)13(14,15)16/h2-8,17H,1H3,(H,18,19). The lowest BCUT2D eigenvalue weighted by Gasteiger charge is -2.12. The summed E-state index contributed by atoms with van der Waals surface area (Å²) < 4.78 is 63.9. The van der Waals surface area contributed by atoms with Crippen LogP contribution in [-0.2, 0) is 16.2 Å². The fourth-order valence-electron chi connectivity index (χ4n) is 1.72. The van der Waals surface area contributed by atoms with Gasteiger partial charge in [-0.2, -0.15) is 13.2 Å². The van der Waals surface area contributed by atoms with E-state index in [1.165, 1.54) is 37.5 Å². The third-order valence-electron chi connectivity index (χ3n) is 2.78. The maximum atomic E-state index is 12.7. The Hall–Kier alpha value is -2.13. The quantitative estimate of drug-likeness (QED) is 0.904. The zero-order valence-electron chi connectivity index (χ0n) is 11.3. The third-order valence-corrected chi connectivity index (χ3v) is 4.23. The molecule has 22 heavy (non-hydrogen) atoms. The van der Waals surface area contributed by atoms with Gasteiger partial charge in [-0.1, -0.05) is 6.07 Å². The molecule has 0 amide bonds. The first-order chi connectivity index (χ1) is 10.2. The smallest absolute Gasteiger partial charge is 0.339 e. The molecule has 0 spiro atoms. The summed E-state index contributed by atoms with van der Waals surface area (Å²) in [6.07, 6.45) is -3.15. The zero-order chi connectivity index (χ0) is 16.4. The Labute approximate surface area is 125 Å². The van der Waals surface area contributed by atoms with E-state index in [4.69, 9.17) is 0 Å². The van der Waals surface area contributed by atoms with E-state index in [2.05, 4.69) is 15.0 Å². The molecule has 0 aliphatic carbocycles. The highest BCUT2D eigenvalue weighted by Crippen LogP contribution is 2.31. The second-order valence-corrected chi connectivity index (χ2v) is 6.12. The van der Waals surface area contributed by atoms with Crippen molar-refractivity contribution < 1.29 is 21.6 Å². The number of hydrogen-bond donors (Lipinski definition) is 2. The van der Waals surface area contributed by atoms with Crippen molar-refractivity contribution in [3.63, 3.8) is 0 Å². The fourth-order valence-corrected chi connectivity index (χ4v) is 2.56. The van der Waals surface area contributed by atoms with E-state index in [0.29, 0.717) is 0 Å². The van der Waals surface area contributed by atoms with E-state index in [-0.39, 0.29) is 16.4 Å². The number of aromatic nitrogens is 1. The highest BCUT2D eigenvalue weighted by atomic mass is 32.2. The molecule has 0 saturated heterocycles. The number of pyridine rings is 1. The van der Waals surface area contributed by atoms with Gasteiger partial charge >= 0.3 is 6.18 Å². The molecule has 0 aliphatic rings. The van der Waals surface area contributed by atoms with E-state index >= 15 is 0 Å². The van der Waals surface area contributed by atoms with Crippen LogP contribution >= 0.6 is 0 Å². The highest BCUT2D eigenvalue weighted by molar-refractivity contribution is 7.89. The normalized spacial score (nSPS) is 12.2. The summed E-state index contributed by atoms with van der Waals surface area (Å²) in [6, 6.07) is 7.13. The summed E-state index contributed by atoms with van der Waals surface area (Å²) in [4.78, 5) is 3.71. The van der Waals surface area contributed by atoms with Crippen LogP contribution in [0.2, 0.25) is 0 Å². The van der Waals surface area contributed by atoms with E-state index in [1.807, 2.05) is 0 Å². The molecule has 2 aromatic rings. The maximum Gasteiger partial charge on any atom is 0.416 e. The van der Waals surface area contributed by atoms with Gasteiger partial charge in [-0.15, -0.1) is 0 Å². The number of nitrogens with zero attached hydrogens (tertiary/aromatic N) is 1. The first kappa shape index (κ1) is 16.2. The summed E-state index contributed by atoms with van der Waals surface area (Å²) in [5.74, 6) is -0.0591. The number of benzene rings is 1. The van der Waals surface area contributed by atoms with Crippen molar-refractivity contribution in [2.24, 2.45) is 0 Å². The van der Waals surface area contributed by atoms with Gasteiger partial charge in [-0.25, -0.2) is 18.1 Å². The summed E-state index contributed by atoms with van der Waals surface area (Å²) in [6.45, 7) is 0. The van der Waals surface area contributed by atoms with E-state index < -0.39 is 21.8 Å². The zero-order valence-corrected chi connectivity index (χ0v) is 12.2. The van der Waals surface area contributed by atoms with Gasteiger partial charge in [0.1, 0.15) is 4.90 Å². The van der Waals surface area contributed by atoms with Gasteiger partial charge in [-0.05, 0) is 37.4 Å². The van der Waals surface area contributed by atoms with Crippen LogP contribution in [0.3, 0.4) is 0 Å². The van der Waals surface area contributed by atoms with Crippen LogP contribution in [-0.4, -0.2) is 20.4 Å². The number of rotatable bonds is 4. The summed E-state index contributed by atoms with van der Waals surface area (Å²) >= 11 is 0. The number of anilines is 2. The van der Waals surface area contributed by atoms with Crippen molar-refractivity contribution in [3.8, 4) is 0 Å². The van der Waals surface area contributed by atoms with Crippen molar-refractivity contribution in [1.29, 1.82) is 0 Å². The molecular weight excluding hydrogens is 319 g/mol. The van der Waals surface area contributed by atoms with Crippen molar-refractivity contribution in [2.75, 3.05) is 12.4 Å². The van der Waals surface area contributed by atoms with Crippen LogP contribution in [0.15, 0.2) is 47.5 Å². The second kappa shape index (κ2) is 5.93. The largest absolute Gasteiger partial charge is 0.416 e. The van der Waals surface area contributed by atoms with Crippen LogP contribution in [0, 0.1) is 0 Å². The molecule has 9 heteroatoms. The van der Waals surface area contributed by atoms with Crippen LogP contribution in [0.1, 0.15) is 5.56 Å².